The molecule has 0 spiro atoms. The summed E-state index contributed by atoms with van der Waals surface area (Å²) in [7, 11) is -4.13. The summed E-state index contributed by atoms with van der Waals surface area (Å²) >= 11 is 0. The lowest BCUT2D eigenvalue weighted by Gasteiger charge is -2.09. The molecule has 0 saturated heterocycles. The topological polar surface area (TPSA) is 115 Å². The molecule has 8 nitrogen and oxygen atoms in total. The third kappa shape index (κ3) is 5.90. The minimum absolute atomic E-state index is 0.134. The Morgan fingerprint density at radius 2 is 1.71 bits per heavy atom. The second kappa shape index (κ2) is 10.6. The number of aromatic nitrogens is 2. The number of aromatic amines is 1. The highest BCUT2D eigenvalue weighted by atomic mass is 32.2. The van der Waals surface area contributed by atoms with Crippen molar-refractivity contribution in [1.82, 2.24) is 10.2 Å². The number of fused-ring (bicyclic) bond motifs is 3. The van der Waals surface area contributed by atoms with Crippen molar-refractivity contribution < 1.29 is 17.5 Å². The van der Waals surface area contributed by atoms with E-state index in [9.17, 15) is 18.5 Å². The number of non-ortho nitro benzene ring substituents is 1. The minimum atomic E-state index is -4.13. The summed E-state index contributed by atoms with van der Waals surface area (Å²) < 4.78 is 30.5. The van der Waals surface area contributed by atoms with Crippen molar-refractivity contribution in [2.75, 3.05) is 0 Å². The van der Waals surface area contributed by atoms with E-state index in [-0.39, 0.29) is 16.3 Å². The summed E-state index contributed by atoms with van der Waals surface area (Å²) in [6.45, 7) is 0. The average molecular weight is 488 g/mol. The van der Waals surface area contributed by atoms with Gasteiger partial charge in [0.25, 0.3) is 5.69 Å². The Hall–Kier alpha value is -4.50. The van der Waals surface area contributed by atoms with Gasteiger partial charge in [0.2, 0.25) is 0 Å². The highest BCUT2D eigenvalue weighted by Gasteiger charge is 2.18. The SMILES string of the molecule is O=[N+]([O-])c1ccc(S(=O)(=O)OC2=CC=c3ccc4c(c3C=CC=C2)CC=CC=4)cc1.c1cn[nH]c1. The van der Waals surface area contributed by atoms with Crippen molar-refractivity contribution >= 4 is 34.0 Å². The van der Waals surface area contributed by atoms with Gasteiger partial charge in [-0.3, -0.25) is 15.2 Å². The maximum Gasteiger partial charge on any atom is 0.339 e. The first-order valence-electron chi connectivity index (χ1n) is 10.6. The smallest absolute Gasteiger partial charge is 0.339 e. The van der Waals surface area contributed by atoms with Crippen LogP contribution in [0.4, 0.5) is 5.69 Å². The van der Waals surface area contributed by atoms with Crippen molar-refractivity contribution in [3.8, 4) is 0 Å². The number of nitro benzene ring substituents is 1. The van der Waals surface area contributed by atoms with Crippen LogP contribution in [0.2, 0.25) is 0 Å². The summed E-state index contributed by atoms with van der Waals surface area (Å²) in [6.07, 6.45) is 21.0. The van der Waals surface area contributed by atoms with Crippen LogP contribution in [0.15, 0.2) is 102 Å². The van der Waals surface area contributed by atoms with E-state index < -0.39 is 15.0 Å². The third-order valence-electron chi connectivity index (χ3n) is 5.17. The van der Waals surface area contributed by atoms with Crippen LogP contribution in [0, 0.1) is 10.1 Å². The van der Waals surface area contributed by atoms with Gasteiger partial charge in [-0.25, -0.2) is 0 Å². The van der Waals surface area contributed by atoms with E-state index in [2.05, 4.69) is 22.3 Å². The standard InChI is InChI=1S/C23H17NO5S.C3H4N2/c25-24(26)19-12-15-21(16-13-19)30(27,28)29-20-6-2-4-8-23-18(11-14-20)10-9-17-5-1-3-7-22(17)23;1-2-4-5-3-1/h1-6,8-16H,7H2;1-3H,(H,4,5). The highest BCUT2D eigenvalue weighted by molar-refractivity contribution is 7.86. The van der Waals surface area contributed by atoms with Crippen molar-refractivity contribution in [2.24, 2.45) is 0 Å². The predicted octanol–water partition coefficient (Wildman–Crippen LogP) is 3.55. The Balaban J connectivity index is 0.000000514. The quantitative estimate of drug-likeness (QED) is 0.342. The number of nitrogens with zero attached hydrogens (tertiary/aromatic N) is 2. The zero-order chi connectivity index (χ0) is 24.7. The molecule has 0 amide bonds. The van der Waals surface area contributed by atoms with Crippen LogP contribution in [-0.4, -0.2) is 23.5 Å². The molecule has 1 heterocycles. The van der Waals surface area contributed by atoms with Gasteiger partial charge in [-0.15, -0.1) is 0 Å². The van der Waals surface area contributed by atoms with Crippen LogP contribution in [-0.2, 0) is 20.7 Å². The van der Waals surface area contributed by atoms with Gasteiger partial charge in [0.15, 0.2) is 0 Å². The number of benzene rings is 2. The Morgan fingerprint density at radius 1 is 0.943 bits per heavy atom. The molecule has 2 aliphatic rings. The van der Waals surface area contributed by atoms with Crippen LogP contribution in [0.1, 0.15) is 11.1 Å². The lowest BCUT2D eigenvalue weighted by atomic mass is 9.96. The van der Waals surface area contributed by atoms with E-state index in [0.717, 1.165) is 41.5 Å². The molecule has 176 valence electrons. The molecule has 1 N–H and O–H groups in total. The number of nitro groups is 1. The van der Waals surface area contributed by atoms with E-state index in [1.165, 1.54) is 10.8 Å². The average Bonchev–Trinajstić information content (AvgIpc) is 3.47. The number of rotatable bonds is 4. The molecule has 0 fully saturated rings. The van der Waals surface area contributed by atoms with Gasteiger partial charge in [-0.1, -0.05) is 54.7 Å². The summed E-state index contributed by atoms with van der Waals surface area (Å²) in [5, 5.41) is 19.1. The maximum atomic E-state index is 12.6. The molecule has 3 aromatic rings. The number of hydrogen-bond donors (Lipinski definition) is 1. The number of hydrogen-bond acceptors (Lipinski definition) is 6. The van der Waals surface area contributed by atoms with Gasteiger partial charge >= 0.3 is 10.1 Å². The number of allylic oxidation sites excluding steroid dienone is 6. The lowest BCUT2D eigenvalue weighted by molar-refractivity contribution is -0.384. The molecule has 2 aliphatic carbocycles. The van der Waals surface area contributed by atoms with Crippen LogP contribution in [0.5, 0.6) is 0 Å². The number of H-pyrrole nitrogens is 1. The van der Waals surface area contributed by atoms with Gasteiger partial charge in [0, 0.05) is 24.5 Å². The first-order chi connectivity index (χ1) is 16.9. The van der Waals surface area contributed by atoms with E-state index >= 15 is 0 Å². The monoisotopic (exact) mass is 487 g/mol. The molecule has 35 heavy (non-hydrogen) atoms. The predicted molar refractivity (Wildman–Crippen MR) is 134 cm³/mol. The second-order valence-corrected chi connectivity index (χ2v) is 8.99. The van der Waals surface area contributed by atoms with E-state index in [1.807, 2.05) is 42.5 Å². The minimum Gasteiger partial charge on any atom is -0.379 e. The Morgan fingerprint density at radius 3 is 2.40 bits per heavy atom. The van der Waals surface area contributed by atoms with Crippen molar-refractivity contribution in [2.45, 2.75) is 11.3 Å². The molecule has 0 aliphatic heterocycles. The molecule has 0 unspecified atom stereocenters. The fourth-order valence-electron chi connectivity index (χ4n) is 3.49. The molecule has 5 rings (SSSR count). The molecular weight excluding hydrogens is 466 g/mol. The van der Waals surface area contributed by atoms with Crippen LogP contribution >= 0.6 is 0 Å². The Kier molecular flexibility index (Phi) is 7.18. The molecule has 0 atom stereocenters. The summed E-state index contributed by atoms with van der Waals surface area (Å²) in [6, 6.07) is 10.4. The first-order valence-corrected chi connectivity index (χ1v) is 12.0. The summed E-state index contributed by atoms with van der Waals surface area (Å²) in [5.74, 6) is 0.134. The van der Waals surface area contributed by atoms with Crippen molar-refractivity contribution in [3.63, 3.8) is 0 Å². The van der Waals surface area contributed by atoms with Gasteiger partial charge < -0.3 is 4.18 Å². The second-order valence-electron chi connectivity index (χ2n) is 7.44. The van der Waals surface area contributed by atoms with Gasteiger partial charge in [0.1, 0.15) is 10.7 Å². The summed E-state index contributed by atoms with van der Waals surface area (Å²) in [4.78, 5) is 10.0. The van der Waals surface area contributed by atoms with Gasteiger partial charge in [-0.05, 0) is 58.3 Å². The molecule has 0 saturated carbocycles. The van der Waals surface area contributed by atoms with E-state index in [1.54, 1.807) is 30.6 Å². The zero-order valence-electron chi connectivity index (χ0n) is 18.4. The maximum absolute atomic E-state index is 12.6. The summed E-state index contributed by atoms with van der Waals surface area (Å²) in [5.41, 5.74) is 2.10. The fourth-order valence-corrected chi connectivity index (χ4v) is 4.42. The van der Waals surface area contributed by atoms with Crippen molar-refractivity contribution in [1.29, 1.82) is 0 Å². The van der Waals surface area contributed by atoms with E-state index in [4.69, 9.17) is 4.18 Å². The normalized spacial score (nSPS) is 13.8. The molecule has 1 aromatic heterocycles. The largest absolute Gasteiger partial charge is 0.379 e. The third-order valence-corrected chi connectivity index (χ3v) is 6.43. The first kappa shape index (κ1) is 23.7. The van der Waals surface area contributed by atoms with Crippen molar-refractivity contribution in [3.05, 3.63) is 129 Å². The molecule has 0 bridgehead atoms. The van der Waals surface area contributed by atoms with Gasteiger partial charge in [0.05, 0.1) is 4.92 Å². The fraction of sp³-hybridized carbons (Fsp3) is 0.0385. The van der Waals surface area contributed by atoms with E-state index in [0.29, 0.717) is 0 Å². The Labute approximate surface area is 201 Å². The van der Waals surface area contributed by atoms with Crippen LogP contribution in [0.25, 0.3) is 18.2 Å². The molecule has 0 radical (unpaired) electrons. The van der Waals surface area contributed by atoms with Crippen LogP contribution < -0.4 is 10.4 Å². The molecular formula is C26H21N3O5S. The molecule has 2 aromatic carbocycles. The lowest BCUT2D eigenvalue weighted by Crippen LogP contribution is -2.20. The number of nitrogens with one attached hydrogen (secondary N) is 1. The van der Waals surface area contributed by atoms with Gasteiger partial charge in [-0.2, -0.15) is 13.5 Å². The Bertz CT molecular complexity index is 1550. The highest BCUT2D eigenvalue weighted by Crippen LogP contribution is 2.20. The molecule has 9 heteroatoms. The van der Waals surface area contributed by atoms with Crippen LogP contribution in [0.3, 0.4) is 0 Å². The zero-order valence-corrected chi connectivity index (χ0v) is 19.3.